The standard InChI is InChI=1S/C46H47FN14O7S2/c1-2-23-48-24-25-50-41-56-43(52-34-9-5-3-6-10-34)60-45(58-41)54-36-21-17-30(38(28-36)69(63,64)65)13-14-31-18-22-37(29-39(31)70(66,67)68)55-46-59-42(57-44(61-46)53-35-11-7-4-8-12-35)51-27-26-49-40(62)32-15-19-33(47)20-16-32/h3-22,28-29,48H,2,23-27H2,1H3,(H,49,62)(H,63,64,65)(H,66,67,68)(H3,50,52,54,56,58,60)(H3,51,53,55,57,59,61)/b14-13+. The van der Waals surface area contributed by atoms with Crippen molar-refractivity contribution in [2.45, 2.75) is 23.1 Å². The molecule has 2 aromatic heterocycles. The van der Waals surface area contributed by atoms with Crippen LogP contribution in [-0.2, 0) is 20.2 Å². The Bertz CT molecular complexity index is 3180. The summed E-state index contributed by atoms with van der Waals surface area (Å²) in [5.41, 5.74) is 1.86. The zero-order chi connectivity index (χ0) is 49.5. The van der Waals surface area contributed by atoms with Crippen LogP contribution in [-0.4, -0.2) is 94.5 Å². The Labute approximate surface area is 402 Å². The van der Waals surface area contributed by atoms with Crippen LogP contribution in [0, 0.1) is 5.82 Å². The highest BCUT2D eigenvalue weighted by molar-refractivity contribution is 7.86. The monoisotopic (exact) mass is 990 g/mol. The highest BCUT2D eigenvalue weighted by atomic mass is 32.2. The van der Waals surface area contributed by atoms with Crippen molar-refractivity contribution < 1.29 is 35.1 Å². The summed E-state index contributed by atoms with van der Waals surface area (Å²) in [7, 11) is -9.78. The number of rotatable bonds is 23. The van der Waals surface area contributed by atoms with E-state index in [1.54, 1.807) is 24.3 Å². The van der Waals surface area contributed by atoms with Gasteiger partial charge in [-0.3, -0.25) is 13.9 Å². The van der Waals surface area contributed by atoms with Crippen molar-refractivity contribution in [3.8, 4) is 0 Å². The average molecular weight is 991 g/mol. The van der Waals surface area contributed by atoms with Crippen LogP contribution >= 0.6 is 0 Å². The summed E-state index contributed by atoms with van der Waals surface area (Å²) in [4.78, 5) is 38.0. The predicted octanol–water partition coefficient (Wildman–Crippen LogP) is 7.09. The summed E-state index contributed by atoms with van der Waals surface area (Å²) in [6.07, 6.45) is 3.49. The maximum atomic E-state index is 13.3. The summed E-state index contributed by atoms with van der Waals surface area (Å²) < 4.78 is 85.1. The molecule has 0 aliphatic rings. The molecular formula is C46H47FN14O7S2. The van der Waals surface area contributed by atoms with Gasteiger partial charge in [0.1, 0.15) is 15.6 Å². The van der Waals surface area contributed by atoms with E-state index >= 15 is 0 Å². The number of nitrogens with one attached hydrogen (secondary N) is 8. The predicted molar refractivity (Wildman–Crippen MR) is 266 cm³/mol. The van der Waals surface area contributed by atoms with Gasteiger partial charge in [0.15, 0.2) is 0 Å². The quantitative estimate of drug-likeness (QED) is 0.0174. The molecule has 70 heavy (non-hydrogen) atoms. The van der Waals surface area contributed by atoms with Gasteiger partial charge in [-0.25, -0.2) is 4.39 Å². The van der Waals surface area contributed by atoms with Gasteiger partial charge in [-0.1, -0.05) is 67.6 Å². The molecular weight excluding hydrogens is 944 g/mol. The summed E-state index contributed by atoms with van der Waals surface area (Å²) >= 11 is 0. The van der Waals surface area contributed by atoms with Crippen molar-refractivity contribution in [2.24, 2.45) is 0 Å². The van der Waals surface area contributed by atoms with E-state index in [1.807, 2.05) is 36.4 Å². The molecule has 0 atom stereocenters. The van der Waals surface area contributed by atoms with Crippen LogP contribution in [0.2, 0.25) is 0 Å². The lowest BCUT2D eigenvalue weighted by molar-refractivity contribution is 0.0955. The van der Waals surface area contributed by atoms with Crippen molar-refractivity contribution in [3.05, 3.63) is 144 Å². The summed E-state index contributed by atoms with van der Waals surface area (Å²) in [6, 6.07) is 31.3. The van der Waals surface area contributed by atoms with Crippen molar-refractivity contribution in [1.82, 2.24) is 40.5 Å². The molecule has 0 saturated carbocycles. The first kappa shape index (κ1) is 49.7. The molecule has 0 aliphatic heterocycles. The minimum absolute atomic E-state index is 0.0285. The molecule has 362 valence electrons. The van der Waals surface area contributed by atoms with E-state index in [1.165, 1.54) is 60.7 Å². The van der Waals surface area contributed by atoms with Crippen LogP contribution in [0.1, 0.15) is 34.8 Å². The molecule has 0 bridgehead atoms. The molecule has 10 N–H and O–H groups in total. The zero-order valence-electron chi connectivity index (χ0n) is 37.3. The van der Waals surface area contributed by atoms with Crippen molar-refractivity contribution >= 4 is 96.7 Å². The maximum Gasteiger partial charge on any atom is 0.295 e. The molecule has 0 unspecified atom stereocenters. The minimum atomic E-state index is -4.90. The summed E-state index contributed by atoms with van der Waals surface area (Å²) in [5.74, 6) is -0.288. The number of benzene rings is 5. The first-order valence-electron chi connectivity index (χ1n) is 21.5. The second-order valence-electron chi connectivity index (χ2n) is 15.0. The molecule has 0 aliphatic carbocycles. The smallest absolute Gasteiger partial charge is 0.295 e. The van der Waals surface area contributed by atoms with E-state index in [4.69, 9.17) is 0 Å². The Balaban J connectivity index is 1.10. The SMILES string of the molecule is CCCNCCNc1nc(Nc2ccccc2)nc(Nc2ccc(/C=C/c3ccc(Nc4nc(NCCNC(=O)c5ccc(F)cc5)nc(Nc5ccccc5)n4)cc3S(=O)(=O)O)c(S(=O)(=O)O)c2)n1. The second kappa shape index (κ2) is 23.2. The number of carbonyl (C=O) groups is 1. The van der Waals surface area contributed by atoms with Crippen LogP contribution in [0.3, 0.4) is 0 Å². The summed E-state index contributed by atoms with van der Waals surface area (Å²) in [6.45, 7) is 4.35. The van der Waals surface area contributed by atoms with E-state index in [0.717, 1.165) is 25.1 Å². The fourth-order valence-corrected chi connectivity index (χ4v) is 7.86. The van der Waals surface area contributed by atoms with Gasteiger partial charge in [0.25, 0.3) is 26.1 Å². The third-order valence-electron chi connectivity index (χ3n) is 9.68. The number of amides is 1. The Morgan fingerprint density at radius 2 is 0.929 bits per heavy atom. The lowest BCUT2D eigenvalue weighted by atomic mass is 10.1. The van der Waals surface area contributed by atoms with E-state index in [-0.39, 0.29) is 76.8 Å². The molecule has 2 heterocycles. The molecule has 21 nitrogen and oxygen atoms in total. The van der Waals surface area contributed by atoms with Crippen LogP contribution in [0.5, 0.6) is 0 Å². The van der Waals surface area contributed by atoms with Gasteiger partial charge >= 0.3 is 0 Å². The molecule has 7 rings (SSSR count). The molecule has 0 spiro atoms. The number of para-hydroxylation sites is 2. The fraction of sp³-hybridized carbons (Fsp3) is 0.152. The largest absolute Gasteiger partial charge is 0.353 e. The zero-order valence-corrected chi connectivity index (χ0v) is 38.9. The Hall–Kier alpha value is -8.16. The number of hydrogen-bond acceptors (Lipinski definition) is 18. The normalized spacial score (nSPS) is 11.5. The van der Waals surface area contributed by atoms with Crippen molar-refractivity contribution in [1.29, 1.82) is 0 Å². The third-order valence-corrected chi connectivity index (χ3v) is 11.5. The average Bonchev–Trinajstić information content (AvgIpc) is 3.33. The second-order valence-corrected chi connectivity index (χ2v) is 17.8. The van der Waals surface area contributed by atoms with Gasteiger partial charge in [-0.05, 0) is 96.9 Å². The first-order valence-corrected chi connectivity index (χ1v) is 24.4. The number of halogens is 1. The Kier molecular flexibility index (Phi) is 16.5. The Morgan fingerprint density at radius 1 is 0.514 bits per heavy atom. The molecule has 5 aromatic carbocycles. The molecule has 0 saturated heterocycles. The van der Waals surface area contributed by atoms with E-state index in [2.05, 4.69) is 79.4 Å². The lowest BCUT2D eigenvalue weighted by Gasteiger charge is -2.13. The number of aromatic nitrogens is 6. The lowest BCUT2D eigenvalue weighted by Crippen LogP contribution is -2.29. The molecule has 1 amide bonds. The van der Waals surface area contributed by atoms with E-state index < -0.39 is 41.8 Å². The maximum absolute atomic E-state index is 13.3. The molecule has 0 radical (unpaired) electrons. The van der Waals surface area contributed by atoms with Gasteiger partial charge in [-0.2, -0.15) is 46.7 Å². The van der Waals surface area contributed by atoms with Gasteiger partial charge in [0, 0.05) is 54.5 Å². The van der Waals surface area contributed by atoms with Crippen molar-refractivity contribution in [2.75, 3.05) is 64.6 Å². The van der Waals surface area contributed by atoms with Gasteiger partial charge in [-0.15, -0.1) is 0 Å². The first-order chi connectivity index (χ1) is 33.7. The number of hydrogen-bond donors (Lipinski definition) is 10. The topological polar surface area (TPSA) is 299 Å². The number of anilines is 10. The van der Waals surface area contributed by atoms with Crippen LogP contribution in [0.15, 0.2) is 131 Å². The van der Waals surface area contributed by atoms with Gasteiger partial charge in [0.05, 0.1) is 0 Å². The minimum Gasteiger partial charge on any atom is -0.353 e. The fourth-order valence-electron chi connectivity index (χ4n) is 6.44. The van der Waals surface area contributed by atoms with Gasteiger partial charge in [0.2, 0.25) is 35.7 Å². The molecule has 7 aromatic rings. The highest BCUT2D eigenvalue weighted by Crippen LogP contribution is 2.29. The van der Waals surface area contributed by atoms with E-state index in [0.29, 0.717) is 24.5 Å². The van der Waals surface area contributed by atoms with E-state index in [9.17, 15) is 35.1 Å². The third kappa shape index (κ3) is 14.7. The molecule has 24 heteroatoms. The van der Waals surface area contributed by atoms with Crippen molar-refractivity contribution in [3.63, 3.8) is 0 Å². The summed E-state index contributed by atoms with van der Waals surface area (Å²) in [5, 5.41) is 24.2. The Morgan fingerprint density at radius 3 is 1.36 bits per heavy atom. The van der Waals surface area contributed by atoms with Gasteiger partial charge < -0.3 is 42.5 Å². The number of nitrogens with zero attached hydrogens (tertiary/aromatic N) is 6. The van der Waals surface area contributed by atoms with Crippen LogP contribution in [0.4, 0.5) is 62.8 Å². The highest BCUT2D eigenvalue weighted by Gasteiger charge is 2.19. The van der Waals surface area contributed by atoms with Crippen LogP contribution in [0.25, 0.3) is 12.2 Å². The molecule has 0 fully saturated rings. The van der Waals surface area contributed by atoms with Crippen LogP contribution < -0.4 is 42.5 Å². The number of carbonyl (C=O) groups excluding carboxylic acids is 1.